The molecule has 1 saturated heterocycles. The van der Waals surface area contributed by atoms with E-state index >= 15 is 0 Å². The van der Waals surface area contributed by atoms with Crippen LogP contribution in [0.2, 0.25) is 0 Å². The predicted octanol–water partition coefficient (Wildman–Crippen LogP) is 5.24. The number of ether oxygens (including phenoxy) is 1. The van der Waals surface area contributed by atoms with Crippen LogP contribution >= 0.6 is 0 Å². The summed E-state index contributed by atoms with van der Waals surface area (Å²) in [6.07, 6.45) is -3.17. The van der Waals surface area contributed by atoms with E-state index < -0.39 is 18.1 Å². The molecule has 4 rings (SSSR count). The van der Waals surface area contributed by atoms with Crippen LogP contribution < -0.4 is 4.74 Å². The lowest BCUT2D eigenvalue weighted by Crippen LogP contribution is -2.56. The molecular weight excluding hydrogens is 395 g/mol. The van der Waals surface area contributed by atoms with E-state index in [0.717, 1.165) is 16.3 Å². The zero-order valence-corrected chi connectivity index (χ0v) is 16.9. The van der Waals surface area contributed by atoms with E-state index in [1.54, 1.807) is 0 Å². The number of benzene rings is 2. The van der Waals surface area contributed by atoms with Gasteiger partial charge in [0, 0.05) is 19.1 Å². The Morgan fingerprint density at radius 2 is 1.77 bits per heavy atom. The van der Waals surface area contributed by atoms with Crippen molar-refractivity contribution in [2.75, 3.05) is 6.54 Å². The second-order valence-electron chi connectivity index (χ2n) is 8.59. The molecule has 2 aliphatic rings. The highest BCUT2D eigenvalue weighted by Gasteiger charge is 2.42. The molecule has 30 heavy (non-hydrogen) atoms. The summed E-state index contributed by atoms with van der Waals surface area (Å²) < 4.78 is 44.4. The zero-order chi connectivity index (χ0) is 21.5. The van der Waals surface area contributed by atoms with Crippen LogP contribution in [0.4, 0.5) is 13.2 Å². The van der Waals surface area contributed by atoms with Gasteiger partial charge in [0.1, 0.15) is 5.75 Å². The fourth-order valence-corrected chi connectivity index (χ4v) is 4.56. The van der Waals surface area contributed by atoms with Gasteiger partial charge in [0.05, 0.1) is 17.9 Å². The first-order valence-corrected chi connectivity index (χ1v) is 10.4. The number of rotatable bonds is 5. The van der Waals surface area contributed by atoms with E-state index in [0.29, 0.717) is 31.7 Å². The molecule has 4 nitrogen and oxygen atoms in total. The zero-order valence-electron chi connectivity index (χ0n) is 16.9. The van der Waals surface area contributed by atoms with Crippen LogP contribution in [-0.2, 0) is 11.3 Å². The van der Waals surface area contributed by atoms with Crippen LogP contribution in [0.25, 0.3) is 10.8 Å². The highest BCUT2D eigenvalue weighted by Crippen LogP contribution is 2.38. The van der Waals surface area contributed by atoms with E-state index in [2.05, 4.69) is 11.0 Å². The highest BCUT2D eigenvalue weighted by atomic mass is 19.4. The predicted molar refractivity (Wildman–Crippen MR) is 107 cm³/mol. The van der Waals surface area contributed by atoms with E-state index in [1.807, 2.05) is 37.3 Å². The number of carboxylic acids is 1. The lowest BCUT2D eigenvalue weighted by Gasteiger charge is -2.44. The van der Waals surface area contributed by atoms with Crippen molar-refractivity contribution in [2.45, 2.75) is 57.5 Å². The number of carboxylic acid groups (broad SMARTS) is 1. The third kappa shape index (κ3) is 4.41. The van der Waals surface area contributed by atoms with E-state index in [4.69, 9.17) is 9.84 Å². The van der Waals surface area contributed by atoms with Gasteiger partial charge in [-0.2, -0.15) is 13.2 Å². The molecule has 1 aliphatic carbocycles. The van der Waals surface area contributed by atoms with Crippen molar-refractivity contribution in [3.8, 4) is 5.75 Å². The van der Waals surface area contributed by atoms with E-state index in [9.17, 15) is 18.0 Å². The maximum atomic E-state index is 12.8. The van der Waals surface area contributed by atoms with Gasteiger partial charge in [-0.25, -0.2) is 0 Å². The monoisotopic (exact) mass is 421 g/mol. The molecule has 2 unspecified atom stereocenters. The third-order valence-corrected chi connectivity index (χ3v) is 6.61. The number of hydrogen-bond donors (Lipinski definition) is 1. The van der Waals surface area contributed by atoms with E-state index in [1.165, 1.54) is 0 Å². The Morgan fingerprint density at radius 3 is 2.40 bits per heavy atom. The number of likely N-dealkylation sites (tertiary alicyclic amines) is 1. The summed E-state index contributed by atoms with van der Waals surface area (Å²) in [6.45, 7) is 3.22. The quantitative estimate of drug-likeness (QED) is 0.717. The standard InChI is InChI=1S/C23H26F3NO3/c1-14-21(22(28)29)13-27(14)12-15-2-3-17-11-20(7-4-16(17)10-15)30-19-8-5-18(6-9-19)23(24,25)26/h2-4,7,10-11,14,18-19,21H,5-6,8-9,12-13H2,1H3,(H,28,29). The summed E-state index contributed by atoms with van der Waals surface area (Å²) in [5.74, 6) is -1.55. The average molecular weight is 421 g/mol. The molecule has 1 saturated carbocycles. The molecule has 1 heterocycles. The number of hydrogen-bond acceptors (Lipinski definition) is 3. The minimum atomic E-state index is -4.10. The van der Waals surface area contributed by atoms with Gasteiger partial charge in [0.2, 0.25) is 0 Å². The molecule has 0 spiro atoms. The number of aliphatic carboxylic acids is 1. The molecular formula is C23H26F3NO3. The summed E-state index contributed by atoms with van der Waals surface area (Å²) >= 11 is 0. The largest absolute Gasteiger partial charge is 0.490 e. The van der Waals surface area contributed by atoms with Crippen molar-refractivity contribution in [3.05, 3.63) is 42.0 Å². The first-order chi connectivity index (χ1) is 14.2. The minimum Gasteiger partial charge on any atom is -0.490 e. The van der Waals surface area contributed by atoms with Crippen molar-refractivity contribution < 1.29 is 27.8 Å². The van der Waals surface area contributed by atoms with Gasteiger partial charge in [-0.3, -0.25) is 9.69 Å². The lowest BCUT2D eigenvalue weighted by atomic mass is 9.87. The third-order valence-electron chi connectivity index (χ3n) is 6.61. The van der Waals surface area contributed by atoms with Gasteiger partial charge < -0.3 is 9.84 Å². The first-order valence-electron chi connectivity index (χ1n) is 10.4. The van der Waals surface area contributed by atoms with Crippen molar-refractivity contribution in [3.63, 3.8) is 0 Å². The van der Waals surface area contributed by atoms with Gasteiger partial charge in [-0.1, -0.05) is 18.2 Å². The molecule has 0 aromatic heterocycles. The topological polar surface area (TPSA) is 49.8 Å². The highest BCUT2D eigenvalue weighted by molar-refractivity contribution is 5.84. The van der Waals surface area contributed by atoms with Crippen molar-refractivity contribution in [2.24, 2.45) is 11.8 Å². The lowest BCUT2D eigenvalue weighted by molar-refractivity contribution is -0.185. The summed E-state index contributed by atoms with van der Waals surface area (Å²) in [7, 11) is 0. The van der Waals surface area contributed by atoms with Gasteiger partial charge in [-0.05, 0) is 67.1 Å². The number of nitrogens with zero attached hydrogens (tertiary/aromatic N) is 1. The molecule has 2 fully saturated rings. The van der Waals surface area contributed by atoms with Crippen LogP contribution in [0.3, 0.4) is 0 Å². The number of fused-ring (bicyclic) bond motifs is 1. The molecule has 7 heteroatoms. The summed E-state index contributed by atoms with van der Waals surface area (Å²) in [6, 6.07) is 11.9. The molecule has 2 aromatic rings. The van der Waals surface area contributed by atoms with Crippen molar-refractivity contribution in [1.29, 1.82) is 0 Å². The Balaban J connectivity index is 1.36. The van der Waals surface area contributed by atoms with Crippen LogP contribution in [0.1, 0.15) is 38.2 Å². The normalized spacial score (nSPS) is 27.6. The second-order valence-corrected chi connectivity index (χ2v) is 8.59. The molecule has 0 radical (unpaired) electrons. The SMILES string of the molecule is CC1C(C(=O)O)CN1Cc1ccc2cc(OC3CCC(C(F)(F)F)CC3)ccc2c1. The van der Waals surface area contributed by atoms with Gasteiger partial charge in [-0.15, -0.1) is 0 Å². The van der Waals surface area contributed by atoms with Crippen molar-refractivity contribution >= 4 is 16.7 Å². The Kier molecular flexibility index (Phi) is 5.66. The summed E-state index contributed by atoms with van der Waals surface area (Å²) in [5, 5.41) is 11.2. The van der Waals surface area contributed by atoms with Gasteiger partial charge >= 0.3 is 12.1 Å². The maximum absolute atomic E-state index is 12.8. The molecule has 2 atom stereocenters. The van der Waals surface area contributed by atoms with Crippen molar-refractivity contribution in [1.82, 2.24) is 4.90 Å². The molecule has 0 bridgehead atoms. The molecule has 162 valence electrons. The second kappa shape index (κ2) is 8.10. The fourth-order valence-electron chi connectivity index (χ4n) is 4.56. The smallest absolute Gasteiger partial charge is 0.391 e. The Bertz CT molecular complexity index is 922. The molecule has 1 aliphatic heterocycles. The Hall–Kier alpha value is -2.28. The van der Waals surface area contributed by atoms with Crippen LogP contribution in [-0.4, -0.2) is 40.8 Å². The Morgan fingerprint density at radius 1 is 1.10 bits per heavy atom. The maximum Gasteiger partial charge on any atom is 0.391 e. The average Bonchev–Trinajstić information content (AvgIpc) is 2.70. The summed E-state index contributed by atoms with van der Waals surface area (Å²) in [5.41, 5.74) is 1.12. The van der Waals surface area contributed by atoms with Crippen LogP contribution in [0, 0.1) is 11.8 Å². The van der Waals surface area contributed by atoms with Crippen LogP contribution in [0.5, 0.6) is 5.75 Å². The minimum absolute atomic E-state index is 0.0291. The van der Waals surface area contributed by atoms with Crippen LogP contribution in [0.15, 0.2) is 36.4 Å². The number of carbonyl (C=O) groups is 1. The van der Waals surface area contributed by atoms with E-state index in [-0.39, 0.29) is 30.9 Å². The molecule has 1 N–H and O–H groups in total. The molecule has 2 aromatic carbocycles. The van der Waals surface area contributed by atoms with Gasteiger partial charge in [0.15, 0.2) is 0 Å². The number of alkyl halides is 3. The summed E-state index contributed by atoms with van der Waals surface area (Å²) in [4.78, 5) is 13.3. The first kappa shape index (κ1) is 21.0. The molecule has 0 amide bonds. The Labute approximate surface area is 173 Å². The fraction of sp³-hybridized carbons (Fsp3) is 0.522. The number of halogens is 3. The van der Waals surface area contributed by atoms with Gasteiger partial charge in [0.25, 0.3) is 0 Å².